The molecule has 1 amide bonds. The number of carbonyl (C=O) groups excluding carboxylic acids is 1. The Morgan fingerprint density at radius 2 is 1.77 bits per heavy atom. The van der Waals surface area contributed by atoms with Crippen LogP contribution in [0, 0.1) is 25.5 Å². The molecule has 0 fully saturated rings. The number of thiazole rings is 1. The highest BCUT2D eigenvalue weighted by atomic mass is 32.2. The fraction of sp³-hybridized carbons (Fsp3) is 0.222. The minimum Gasteiger partial charge on any atom is -0.346 e. The number of aryl methyl sites for hydroxylation is 2. The number of hydrogen-bond acceptors (Lipinski definition) is 7. The normalized spacial score (nSPS) is 11.5. The molecule has 8 nitrogen and oxygen atoms in total. The third kappa shape index (κ3) is 5.40. The molecule has 0 saturated carbocycles. The van der Waals surface area contributed by atoms with E-state index in [2.05, 4.69) is 25.0 Å². The van der Waals surface area contributed by atoms with E-state index in [1.165, 1.54) is 17.5 Å². The molecule has 1 aromatic carbocycles. The second kappa shape index (κ2) is 8.90. The van der Waals surface area contributed by atoms with E-state index in [0.717, 1.165) is 9.88 Å². The summed E-state index contributed by atoms with van der Waals surface area (Å²) in [5.41, 5.74) is 0.682. The smallest absolute Gasteiger partial charge is 0.271 e. The number of rotatable bonds is 7. The number of benzene rings is 1. The first-order chi connectivity index (χ1) is 14.1. The maximum atomic E-state index is 13.3. The fourth-order valence-corrected chi connectivity index (χ4v) is 4.23. The van der Waals surface area contributed by atoms with Crippen LogP contribution in [0.1, 0.15) is 31.8 Å². The number of hydrogen-bond donors (Lipinski definition) is 2. The van der Waals surface area contributed by atoms with E-state index >= 15 is 0 Å². The van der Waals surface area contributed by atoms with Gasteiger partial charge in [0.25, 0.3) is 5.91 Å². The van der Waals surface area contributed by atoms with Gasteiger partial charge in [0.1, 0.15) is 17.3 Å². The average molecular weight is 453 g/mol. The summed E-state index contributed by atoms with van der Waals surface area (Å²) in [7, 11) is -4.17. The van der Waals surface area contributed by atoms with E-state index in [9.17, 15) is 22.0 Å². The van der Waals surface area contributed by atoms with Gasteiger partial charge in [-0.05, 0) is 26.0 Å². The van der Waals surface area contributed by atoms with Gasteiger partial charge in [0.15, 0.2) is 0 Å². The van der Waals surface area contributed by atoms with Crippen molar-refractivity contribution in [1.82, 2.24) is 25.0 Å². The van der Waals surface area contributed by atoms with Gasteiger partial charge in [-0.25, -0.2) is 31.9 Å². The molecular formula is C18H17F2N5O3S2. The summed E-state index contributed by atoms with van der Waals surface area (Å²) in [6, 6.07) is 2.00. The molecule has 0 aliphatic rings. The second-order valence-electron chi connectivity index (χ2n) is 6.25. The molecule has 0 radical (unpaired) electrons. The number of carbonyl (C=O) groups is 1. The Balaban J connectivity index is 1.65. The average Bonchev–Trinajstić information content (AvgIpc) is 3.09. The molecule has 2 aromatic heterocycles. The van der Waals surface area contributed by atoms with Gasteiger partial charge in [-0.15, -0.1) is 11.3 Å². The quantitative estimate of drug-likeness (QED) is 0.567. The van der Waals surface area contributed by atoms with Crippen molar-refractivity contribution in [3.8, 4) is 0 Å². The Bertz CT molecular complexity index is 1180. The van der Waals surface area contributed by atoms with Crippen LogP contribution >= 0.6 is 11.3 Å². The number of sulfonamides is 1. The first-order valence-electron chi connectivity index (χ1n) is 8.62. The van der Waals surface area contributed by atoms with Crippen LogP contribution in [0.15, 0.2) is 35.5 Å². The lowest BCUT2D eigenvalue weighted by atomic mass is 10.3. The number of nitrogens with zero attached hydrogens (tertiary/aromatic N) is 3. The maximum Gasteiger partial charge on any atom is 0.271 e. The molecule has 0 atom stereocenters. The lowest BCUT2D eigenvalue weighted by molar-refractivity contribution is 0.0945. The van der Waals surface area contributed by atoms with Gasteiger partial charge in [0.2, 0.25) is 10.0 Å². The third-order valence-electron chi connectivity index (χ3n) is 3.95. The molecule has 0 saturated heterocycles. The van der Waals surface area contributed by atoms with Gasteiger partial charge >= 0.3 is 0 Å². The zero-order valence-electron chi connectivity index (χ0n) is 15.9. The van der Waals surface area contributed by atoms with Crippen molar-refractivity contribution in [1.29, 1.82) is 0 Å². The van der Waals surface area contributed by atoms with Crippen LogP contribution in [0.25, 0.3) is 0 Å². The van der Waals surface area contributed by atoms with E-state index in [4.69, 9.17) is 0 Å². The van der Waals surface area contributed by atoms with Crippen LogP contribution in [-0.4, -0.2) is 29.3 Å². The molecular weight excluding hydrogens is 436 g/mol. The van der Waals surface area contributed by atoms with Crippen LogP contribution in [0.4, 0.5) is 8.78 Å². The number of nitrogens with one attached hydrogen (secondary N) is 2. The zero-order chi connectivity index (χ0) is 21.9. The topological polar surface area (TPSA) is 114 Å². The Kier molecular flexibility index (Phi) is 6.48. The summed E-state index contributed by atoms with van der Waals surface area (Å²) in [5.74, 6) is -2.44. The highest BCUT2D eigenvalue weighted by Crippen LogP contribution is 2.14. The molecule has 3 rings (SSSR count). The number of aromatic nitrogens is 3. The fourth-order valence-electron chi connectivity index (χ4n) is 2.46. The summed E-state index contributed by atoms with van der Waals surface area (Å²) < 4.78 is 53.3. The molecule has 3 aromatic rings. The monoisotopic (exact) mass is 453 g/mol. The standard InChI is InChI=1S/C18H17F2N5O3S2/c1-10-16(9-24-30(27,28)15-4-12(19)3-13(20)5-15)22-8-17(25-10)18(26)23-7-14-6-21-11(2)29-14/h3-6,8,24H,7,9H2,1-2H3,(H,23,26). The molecule has 2 heterocycles. The highest BCUT2D eigenvalue weighted by molar-refractivity contribution is 7.89. The van der Waals surface area contributed by atoms with Crippen molar-refractivity contribution in [2.45, 2.75) is 31.8 Å². The Labute approximate surface area is 175 Å². The first kappa shape index (κ1) is 21.9. The van der Waals surface area contributed by atoms with Crippen LogP contribution < -0.4 is 10.0 Å². The van der Waals surface area contributed by atoms with Crippen LogP contribution in [-0.2, 0) is 23.1 Å². The minimum atomic E-state index is -4.17. The molecule has 0 aliphatic heterocycles. The third-order valence-corrected chi connectivity index (χ3v) is 6.24. The lowest BCUT2D eigenvalue weighted by Crippen LogP contribution is -2.26. The van der Waals surface area contributed by atoms with Crippen LogP contribution in [0.5, 0.6) is 0 Å². The van der Waals surface area contributed by atoms with Crippen LogP contribution in [0.3, 0.4) is 0 Å². The van der Waals surface area contributed by atoms with E-state index in [0.29, 0.717) is 30.4 Å². The van der Waals surface area contributed by atoms with Crippen molar-refractivity contribution in [2.24, 2.45) is 0 Å². The van der Waals surface area contributed by atoms with Gasteiger partial charge in [0, 0.05) is 17.1 Å². The minimum absolute atomic E-state index is 0.0764. The predicted octanol–water partition coefficient (Wildman–Crippen LogP) is 2.24. The Morgan fingerprint density at radius 1 is 1.07 bits per heavy atom. The van der Waals surface area contributed by atoms with E-state index in [-0.39, 0.29) is 17.9 Å². The van der Waals surface area contributed by atoms with E-state index in [1.54, 1.807) is 13.1 Å². The summed E-state index contributed by atoms with van der Waals surface area (Å²) in [6.45, 7) is 3.47. The summed E-state index contributed by atoms with van der Waals surface area (Å²) in [5, 5.41) is 3.60. The van der Waals surface area contributed by atoms with Gasteiger partial charge in [0.05, 0.1) is 40.6 Å². The van der Waals surface area contributed by atoms with Gasteiger partial charge in [-0.1, -0.05) is 0 Å². The zero-order valence-corrected chi connectivity index (χ0v) is 17.6. The molecule has 0 spiro atoms. The summed E-state index contributed by atoms with van der Waals surface area (Å²) in [6.07, 6.45) is 2.91. The summed E-state index contributed by atoms with van der Waals surface area (Å²) in [4.78, 5) is 24.9. The second-order valence-corrected chi connectivity index (χ2v) is 9.33. The van der Waals surface area contributed by atoms with Crippen LogP contribution in [0.2, 0.25) is 0 Å². The highest BCUT2D eigenvalue weighted by Gasteiger charge is 2.18. The molecule has 0 aliphatic carbocycles. The maximum absolute atomic E-state index is 13.3. The number of halogens is 2. The molecule has 2 N–H and O–H groups in total. The van der Waals surface area contributed by atoms with Gasteiger partial charge in [-0.2, -0.15) is 0 Å². The van der Waals surface area contributed by atoms with E-state index < -0.39 is 32.5 Å². The van der Waals surface area contributed by atoms with E-state index in [1.807, 2.05) is 6.92 Å². The SMILES string of the molecule is Cc1ncc(CNC(=O)c2cnc(CNS(=O)(=O)c3cc(F)cc(F)c3)c(C)n2)s1. The van der Waals surface area contributed by atoms with Crippen molar-refractivity contribution in [2.75, 3.05) is 0 Å². The molecule has 0 bridgehead atoms. The largest absolute Gasteiger partial charge is 0.346 e. The predicted molar refractivity (Wildman–Crippen MR) is 105 cm³/mol. The van der Waals surface area contributed by atoms with Gasteiger partial charge in [-0.3, -0.25) is 9.78 Å². The van der Waals surface area contributed by atoms with Crippen molar-refractivity contribution in [3.05, 3.63) is 69.2 Å². The number of amides is 1. The Hall–Kier alpha value is -2.83. The van der Waals surface area contributed by atoms with Crippen molar-refractivity contribution in [3.63, 3.8) is 0 Å². The lowest BCUT2D eigenvalue weighted by Gasteiger charge is -2.09. The molecule has 158 valence electrons. The molecule has 0 unspecified atom stereocenters. The first-order valence-corrected chi connectivity index (χ1v) is 10.9. The van der Waals surface area contributed by atoms with Gasteiger partial charge < -0.3 is 5.32 Å². The summed E-state index contributed by atoms with van der Waals surface area (Å²) >= 11 is 1.47. The molecule has 12 heteroatoms. The Morgan fingerprint density at radius 3 is 2.37 bits per heavy atom. The molecule has 30 heavy (non-hydrogen) atoms. The van der Waals surface area contributed by atoms with Crippen molar-refractivity contribution >= 4 is 27.3 Å². The van der Waals surface area contributed by atoms with Crippen molar-refractivity contribution < 1.29 is 22.0 Å².